The molecule has 2 heterocycles. The summed E-state index contributed by atoms with van der Waals surface area (Å²) in [6.07, 6.45) is 0. The average molecular weight is 421 g/mol. The van der Waals surface area contributed by atoms with Crippen molar-refractivity contribution in [1.29, 1.82) is 0 Å². The first kappa shape index (κ1) is 19.7. The van der Waals surface area contributed by atoms with Gasteiger partial charge in [-0.05, 0) is 35.7 Å². The van der Waals surface area contributed by atoms with Crippen LogP contribution in [0.3, 0.4) is 0 Å². The largest absolute Gasteiger partial charge is 0.496 e. The van der Waals surface area contributed by atoms with Crippen LogP contribution >= 0.6 is 11.3 Å². The summed E-state index contributed by atoms with van der Waals surface area (Å²) in [5.41, 5.74) is 0.635. The molecule has 0 aliphatic rings. The van der Waals surface area contributed by atoms with E-state index in [2.05, 4.69) is 10.3 Å². The van der Waals surface area contributed by atoms with Gasteiger partial charge in [-0.15, -0.1) is 11.3 Å². The molecule has 0 saturated heterocycles. The average Bonchev–Trinajstić information content (AvgIpc) is 3.28. The van der Waals surface area contributed by atoms with Crippen molar-refractivity contribution >= 4 is 28.1 Å². The van der Waals surface area contributed by atoms with Gasteiger partial charge >= 0.3 is 5.69 Å². The van der Waals surface area contributed by atoms with E-state index in [0.29, 0.717) is 28.8 Å². The molecule has 0 aliphatic heterocycles. The molecule has 0 atom stereocenters. The number of carbonyl (C=O) groups is 1. The van der Waals surface area contributed by atoms with Gasteiger partial charge in [0.1, 0.15) is 5.75 Å². The second-order valence-corrected chi connectivity index (χ2v) is 7.69. The SMILES string of the molecule is COc1ccccc1CNC(=O)c1ccc2c(=O)n(Cc3cccs3)c(=O)[nH]c2c1. The molecule has 30 heavy (non-hydrogen) atoms. The molecule has 1 amide bonds. The number of methoxy groups -OCH3 is 1. The van der Waals surface area contributed by atoms with E-state index in [1.165, 1.54) is 17.4 Å². The summed E-state index contributed by atoms with van der Waals surface area (Å²) in [4.78, 5) is 41.4. The number of nitrogens with zero attached hydrogens (tertiary/aromatic N) is 1. The molecule has 152 valence electrons. The van der Waals surface area contributed by atoms with E-state index in [0.717, 1.165) is 15.0 Å². The molecule has 4 rings (SSSR count). The number of rotatable bonds is 6. The minimum absolute atomic E-state index is 0.211. The van der Waals surface area contributed by atoms with E-state index in [-0.39, 0.29) is 18.0 Å². The zero-order chi connectivity index (χ0) is 21.1. The lowest BCUT2D eigenvalue weighted by atomic mass is 10.1. The summed E-state index contributed by atoms with van der Waals surface area (Å²) < 4.78 is 6.45. The van der Waals surface area contributed by atoms with Crippen LogP contribution in [0, 0.1) is 0 Å². The van der Waals surface area contributed by atoms with Crippen molar-refractivity contribution in [3.05, 3.63) is 96.8 Å². The lowest BCUT2D eigenvalue weighted by molar-refractivity contribution is 0.0951. The number of carbonyl (C=O) groups excluding carboxylic acids is 1. The number of nitrogens with one attached hydrogen (secondary N) is 2. The third-order valence-corrected chi connectivity index (χ3v) is 5.63. The Bertz CT molecular complexity index is 1320. The molecule has 2 aromatic heterocycles. The lowest BCUT2D eigenvalue weighted by Crippen LogP contribution is -2.35. The highest BCUT2D eigenvalue weighted by atomic mass is 32.1. The van der Waals surface area contributed by atoms with E-state index >= 15 is 0 Å². The molecule has 0 aliphatic carbocycles. The van der Waals surface area contributed by atoms with Gasteiger partial charge in [0.2, 0.25) is 0 Å². The van der Waals surface area contributed by atoms with Gasteiger partial charge in [-0.3, -0.25) is 14.2 Å². The van der Waals surface area contributed by atoms with Crippen LogP contribution in [0.15, 0.2) is 69.6 Å². The number of fused-ring (bicyclic) bond motifs is 1. The minimum atomic E-state index is -0.507. The van der Waals surface area contributed by atoms with Crippen LogP contribution in [0.1, 0.15) is 20.8 Å². The summed E-state index contributed by atoms with van der Waals surface area (Å²) in [5, 5.41) is 5.08. The number of hydrogen-bond donors (Lipinski definition) is 2. The molecule has 4 aromatic rings. The monoisotopic (exact) mass is 421 g/mol. The standard InChI is InChI=1S/C22H19N3O4S/c1-29-19-7-3-2-5-15(19)12-23-20(26)14-8-9-17-18(11-14)24-22(28)25(21(17)27)13-16-6-4-10-30-16/h2-11H,12-13H2,1H3,(H,23,26)(H,24,28). The van der Waals surface area contributed by atoms with Crippen LogP contribution in [0.4, 0.5) is 0 Å². The molecule has 2 N–H and O–H groups in total. The van der Waals surface area contributed by atoms with Gasteiger partial charge in [0, 0.05) is 22.5 Å². The minimum Gasteiger partial charge on any atom is -0.496 e. The number of H-pyrrole nitrogens is 1. The number of aromatic nitrogens is 2. The molecule has 0 fully saturated rings. The van der Waals surface area contributed by atoms with Crippen molar-refractivity contribution < 1.29 is 9.53 Å². The highest BCUT2D eigenvalue weighted by Crippen LogP contribution is 2.17. The van der Waals surface area contributed by atoms with Crippen LogP contribution in [0.2, 0.25) is 0 Å². The number of thiophene rings is 1. The maximum Gasteiger partial charge on any atom is 0.329 e. The Morgan fingerprint density at radius 1 is 1.13 bits per heavy atom. The molecule has 8 heteroatoms. The summed E-state index contributed by atoms with van der Waals surface area (Å²) >= 11 is 1.48. The Morgan fingerprint density at radius 2 is 1.97 bits per heavy atom. The highest BCUT2D eigenvalue weighted by Gasteiger charge is 2.12. The first-order valence-electron chi connectivity index (χ1n) is 9.26. The Labute approximate surface area is 175 Å². The second kappa shape index (κ2) is 8.38. The third-order valence-electron chi connectivity index (χ3n) is 4.77. The van der Waals surface area contributed by atoms with Gasteiger partial charge in [0.25, 0.3) is 11.5 Å². The van der Waals surface area contributed by atoms with Crippen molar-refractivity contribution in [2.45, 2.75) is 13.1 Å². The highest BCUT2D eigenvalue weighted by molar-refractivity contribution is 7.09. The van der Waals surface area contributed by atoms with Gasteiger partial charge in [0.15, 0.2) is 0 Å². The maximum atomic E-state index is 12.8. The smallest absolute Gasteiger partial charge is 0.329 e. The lowest BCUT2D eigenvalue weighted by Gasteiger charge is -2.10. The third kappa shape index (κ3) is 3.90. The van der Waals surface area contributed by atoms with Crippen LogP contribution in [-0.2, 0) is 13.1 Å². The van der Waals surface area contributed by atoms with Crippen molar-refractivity contribution in [2.75, 3.05) is 7.11 Å². The zero-order valence-corrected chi connectivity index (χ0v) is 17.0. The fourth-order valence-corrected chi connectivity index (χ4v) is 3.92. The Balaban J connectivity index is 1.59. The van der Waals surface area contributed by atoms with E-state index in [9.17, 15) is 14.4 Å². The maximum absolute atomic E-state index is 12.8. The van der Waals surface area contributed by atoms with Crippen LogP contribution in [0.25, 0.3) is 10.9 Å². The fourth-order valence-electron chi connectivity index (χ4n) is 3.22. The number of benzene rings is 2. The molecule has 0 unspecified atom stereocenters. The Morgan fingerprint density at radius 3 is 2.73 bits per heavy atom. The molecule has 7 nitrogen and oxygen atoms in total. The zero-order valence-electron chi connectivity index (χ0n) is 16.2. The molecule has 0 spiro atoms. The van der Waals surface area contributed by atoms with Crippen LogP contribution in [-0.4, -0.2) is 22.6 Å². The predicted molar refractivity (Wildman–Crippen MR) is 116 cm³/mol. The molecule has 0 bridgehead atoms. The van der Waals surface area contributed by atoms with Crippen molar-refractivity contribution in [3.63, 3.8) is 0 Å². The first-order chi connectivity index (χ1) is 14.6. The predicted octanol–water partition coefficient (Wildman–Crippen LogP) is 2.74. The summed E-state index contributed by atoms with van der Waals surface area (Å²) in [6.45, 7) is 0.503. The number of ether oxygens (including phenoxy) is 1. The molecule has 0 saturated carbocycles. The van der Waals surface area contributed by atoms with Gasteiger partial charge in [-0.1, -0.05) is 24.3 Å². The normalized spacial score (nSPS) is 10.8. The number of para-hydroxylation sites is 1. The Hall–Kier alpha value is -3.65. The molecule has 0 radical (unpaired) electrons. The van der Waals surface area contributed by atoms with Gasteiger partial charge in [-0.2, -0.15) is 0 Å². The van der Waals surface area contributed by atoms with Crippen LogP contribution < -0.4 is 21.3 Å². The molecular weight excluding hydrogens is 402 g/mol. The molecule has 2 aromatic carbocycles. The first-order valence-corrected chi connectivity index (χ1v) is 10.1. The van der Waals surface area contributed by atoms with E-state index in [1.54, 1.807) is 19.2 Å². The van der Waals surface area contributed by atoms with Crippen molar-refractivity contribution in [2.24, 2.45) is 0 Å². The van der Waals surface area contributed by atoms with Crippen molar-refractivity contribution in [1.82, 2.24) is 14.9 Å². The van der Waals surface area contributed by atoms with E-state index in [4.69, 9.17) is 4.74 Å². The summed E-state index contributed by atoms with van der Waals surface area (Å²) in [7, 11) is 1.57. The quantitative estimate of drug-likeness (QED) is 0.501. The topological polar surface area (TPSA) is 93.2 Å². The summed E-state index contributed by atoms with van der Waals surface area (Å²) in [5.74, 6) is 0.373. The second-order valence-electron chi connectivity index (χ2n) is 6.66. The van der Waals surface area contributed by atoms with E-state index < -0.39 is 5.69 Å². The van der Waals surface area contributed by atoms with Crippen LogP contribution in [0.5, 0.6) is 5.75 Å². The van der Waals surface area contributed by atoms with E-state index in [1.807, 2.05) is 41.8 Å². The number of aromatic amines is 1. The van der Waals surface area contributed by atoms with Gasteiger partial charge in [0.05, 0.1) is 24.6 Å². The Kier molecular flexibility index (Phi) is 5.49. The number of hydrogen-bond acceptors (Lipinski definition) is 5. The number of amides is 1. The van der Waals surface area contributed by atoms with Gasteiger partial charge < -0.3 is 15.0 Å². The van der Waals surface area contributed by atoms with Crippen molar-refractivity contribution in [3.8, 4) is 5.75 Å². The molecular formula is C22H19N3O4S. The van der Waals surface area contributed by atoms with Gasteiger partial charge in [-0.25, -0.2) is 4.79 Å². The summed E-state index contributed by atoms with van der Waals surface area (Å²) in [6, 6.07) is 15.8. The fraction of sp³-hybridized carbons (Fsp3) is 0.136.